The van der Waals surface area contributed by atoms with Crippen molar-refractivity contribution in [3.05, 3.63) is 23.8 Å². The fraction of sp³-hybridized carbons (Fsp3) is 0.417. The molecule has 0 saturated carbocycles. The maximum absolute atomic E-state index is 12.4. The summed E-state index contributed by atoms with van der Waals surface area (Å²) in [4.78, 5) is 12.5. The summed E-state index contributed by atoms with van der Waals surface area (Å²) < 4.78 is 42.1. The number of phenols is 1. The Morgan fingerprint density at radius 1 is 1.45 bits per heavy atom. The van der Waals surface area contributed by atoms with Crippen molar-refractivity contribution in [3.63, 3.8) is 0 Å². The molecule has 0 unspecified atom stereocenters. The first-order valence-corrected chi connectivity index (χ1v) is 5.71. The largest absolute Gasteiger partial charge is 0.507 e. The molecule has 0 heterocycles. The summed E-state index contributed by atoms with van der Waals surface area (Å²) in [6, 6.07) is 3.74. The van der Waals surface area contributed by atoms with Crippen LogP contribution in [0.15, 0.2) is 18.2 Å². The predicted octanol–water partition coefficient (Wildman–Crippen LogP) is 1.36. The number of benzene rings is 1. The smallest absolute Gasteiger partial charge is 0.406 e. The van der Waals surface area contributed by atoms with Crippen LogP contribution in [0, 0.1) is 0 Å². The highest BCUT2D eigenvalue weighted by atomic mass is 19.4. The topological polar surface area (TPSA) is 75.8 Å². The van der Waals surface area contributed by atoms with Gasteiger partial charge in [-0.2, -0.15) is 13.2 Å². The maximum Gasteiger partial charge on any atom is 0.406 e. The molecule has 0 saturated heterocycles. The lowest BCUT2D eigenvalue weighted by Gasteiger charge is -2.23. The van der Waals surface area contributed by atoms with Crippen molar-refractivity contribution in [1.29, 1.82) is 0 Å². The molecule has 8 heteroatoms. The van der Waals surface area contributed by atoms with E-state index in [1.807, 2.05) is 0 Å². The highest BCUT2D eigenvalue weighted by molar-refractivity contribution is 5.97. The lowest BCUT2D eigenvalue weighted by Crippen LogP contribution is -2.41. The van der Waals surface area contributed by atoms with E-state index in [2.05, 4.69) is 0 Å². The van der Waals surface area contributed by atoms with Crippen molar-refractivity contribution in [3.8, 4) is 11.5 Å². The molecular weight excluding hydrogens is 277 g/mol. The van der Waals surface area contributed by atoms with Crippen LogP contribution in [-0.4, -0.2) is 48.8 Å². The molecule has 0 radical (unpaired) electrons. The van der Waals surface area contributed by atoms with Gasteiger partial charge in [0.1, 0.15) is 18.0 Å². The van der Waals surface area contributed by atoms with Gasteiger partial charge in [-0.05, 0) is 12.1 Å². The second-order valence-corrected chi connectivity index (χ2v) is 4.01. The Morgan fingerprint density at radius 2 is 2.10 bits per heavy atom. The zero-order valence-corrected chi connectivity index (χ0v) is 10.8. The monoisotopic (exact) mass is 292 g/mol. The summed E-state index contributed by atoms with van der Waals surface area (Å²) in [5.41, 5.74) is 4.97. The number of alkyl halides is 3. The average Bonchev–Trinajstić information content (AvgIpc) is 2.35. The van der Waals surface area contributed by atoms with E-state index in [4.69, 9.17) is 10.5 Å². The first-order chi connectivity index (χ1) is 9.28. The van der Waals surface area contributed by atoms with Crippen molar-refractivity contribution >= 4 is 5.91 Å². The zero-order valence-electron chi connectivity index (χ0n) is 10.8. The highest BCUT2D eigenvalue weighted by Crippen LogP contribution is 2.26. The first kappa shape index (κ1) is 16.1. The van der Waals surface area contributed by atoms with E-state index >= 15 is 0 Å². The highest BCUT2D eigenvalue weighted by Gasteiger charge is 2.33. The Kier molecular flexibility index (Phi) is 5.20. The fourth-order valence-corrected chi connectivity index (χ4v) is 1.61. The molecule has 5 nitrogen and oxygen atoms in total. The van der Waals surface area contributed by atoms with Gasteiger partial charge in [-0.3, -0.25) is 4.79 Å². The molecule has 1 rings (SSSR count). The van der Waals surface area contributed by atoms with Crippen LogP contribution in [0.1, 0.15) is 10.4 Å². The molecule has 3 N–H and O–H groups in total. The Balaban J connectivity index is 3.00. The number of aromatic hydroxyl groups is 1. The number of phenolic OH excluding ortho intramolecular Hbond substituents is 1. The van der Waals surface area contributed by atoms with Crippen LogP contribution in [0.4, 0.5) is 13.2 Å². The van der Waals surface area contributed by atoms with E-state index < -0.39 is 24.4 Å². The third kappa shape index (κ3) is 4.30. The minimum Gasteiger partial charge on any atom is -0.507 e. The zero-order chi connectivity index (χ0) is 15.3. The molecule has 0 aliphatic carbocycles. The SMILES string of the molecule is COc1ccc(C(=O)N(CCN)CC(F)(F)F)c(O)c1. The number of carbonyl (C=O) groups is 1. The summed E-state index contributed by atoms with van der Waals surface area (Å²) in [6.07, 6.45) is -4.53. The summed E-state index contributed by atoms with van der Waals surface area (Å²) >= 11 is 0. The minimum absolute atomic E-state index is 0.112. The van der Waals surface area contributed by atoms with Gasteiger partial charge in [0.05, 0.1) is 12.7 Å². The number of halogens is 3. The minimum atomic E-state index is -4.53. The van der Waals surface area contributed by atoms with Crippen molar-refractivity contribution in [2.75, 3.05) is 26.7 Å². The van der Waals surface area contributed by atoms with Gasteiger partial charge < -0.3 is 20.5 Å². The number of amides is 1. The van der Waals surface area contributed by atoms with Gasteiger partial charge in [-0.25, -0.2) is 0 Å². The Bertz CT molecular complexity index is 478. The van der Waals surface area contributed by atoms with Gasteiger partial charge >= 0.3 is 6.18 Å². The van der Waals surface area contributed by atoms with E-state index in [-0.39, 0.29) is 18.7 Å². The fourth-order valence-electron chi connectivity index (χ4n) is 1.61. The lowest BCUT2D eigenvalue weighted by atomic mass is 10.1. The van der Waals surface area contributed by atoms with Crippen LogP contribution >= 0.6 is 0 Å². The van der Waals surface area contributed by atoms with Crippen molar-refractivity contribution in [1.82, 2.24) is 4.90 Å². The number of ether oxygens (including phenoxy) is 1. The Labute approximate surface area is 113 Å². The summed E-state index contributed by atoms with van der Waals surface area (Å²) in [5, 5.41) is 9.67. The van der Waals surface area contributed by atoms with Crippen LogP contribution in [0.3, 0.4) is 0 Å². The molecule has 0 spiro atoms. The molecule has 1 aromatic carbocycles. The Hall–Kier alpha value is -1.96. The summed E-state index contributed by atoms with van der Waals surface area (Å²) in [6.45, 7) is -1.79. The van der Waals surface area contributed by atoms with Crippen LogP contribution < -0.4 is 10.5 Å². The number of methoxy groups -OCH3 is 1. The number of nitrogens with two attached hydrogens (primary N) is 1. The van der Waals surface area contributed by atoms with Gasteiger partial charge in [0.2, 0.25) is 0 Å². The second kappa shape index (κ2) is 6.47. The molecular formula is C12H15F3N2O3. The number of rotatable bonds is 5. The van der Waals surface area contributed by atoms with E-state index in [9.17, 15) is 23.1 Å². The molecule has 0 fully saturated rings. The molecule has 0 aromatic heterocycles. The van der Waals surface area contributed by atoms with E-state index in [0.717, 1.165) is 6.07 Å². The number of hydrogen-bond donors (Lipinski definition) is 2. The van der Waals surface area contributed by atoms with Crippen LogP contribution in [-0.2, 0) is 0 Å². The molecule has 1 amide bonds. The maximum atomic E-state index is 12.4. The van der Waals surface area contributed by atoms with Crippen LogP contribution in [0.5, 0.6) is 11.5 Å². The van der Waals surface area contributed by atoms with Crippen molar-refractivity contribution < 1.29 is 27.8 Å². The number of carbonyl (C=O) groups excluding carboxylic acids is 1. The molecule has 20 heavy (non-hydrogen) atoms. The molecule has 0 aliphatic heterocycles. The van der Waals surface area contributed by atoms with Crippen molar-refractivity contribution in [2.24, 2.45) is 5.73 Å². The lowest BCUT2D eigenvalue weighted by molar-refractivity contribution is -0.140. The quantitative estimate of drug-likeness (QED) is 0.859. The first-order valence-electron chi connectivity index (χ1n) is 5.71. The van der Waals surface area contributed by atoms with Gasteiger partial charge in [0.25, 0.3) is 5.91 Å². The van der Waals surface area contributed by atoms with Gasteiger partial charge in [0.15, 0.2) is 0 Å². The van der Waals surface area contributed by atoms with E-state index in [0.29, 0.717) is 10.6 Å². The molecule has 0 atom stereocenters. The van der Waals surface area contributed by atoms with Gasteiger partial charge in [0, 0.05) is 19.2 Å². The third-order valence-electron chi connectivity index (χ3n) is 2.49. The normalized spacial score (nSPS) is 11.2. The third-order valence-corrected chi connectivity index (χ3v) is 2.49. The van der Waals surface area contributed by atoms with E-state index in [1.54, 1.807) is 0 Å². The number of nitrogens with zero attached hydrogens (tertiary/aromatic N) is 1. The second-order valence-electron chi connectivity index (χ2n) is 4.01. The standard InChI is InChI=1S/C12H15F3N2O3/c1-20-8-2-3-9(10(18)6-8)11(19)17(5-4-16)7-12(13,14)15/h2-3,6,18H,4-5,7,16H2,1H3. The molecule has 0 bridgehead atoms. The van der Waals surface area contributed by atoms with Crippen molar-refractivity contribution in [2.45, 2.75) is 6.18 Å². The molecule has 1 aromatic rings. The molecule has 0 aliphatic rings. The summed E-state index contributed by atoms with van der Waals surface area (Å²) in [5.74, 6) is -1.09. The predicted molar refractivity (Wildman–Crippen MR) is 65.7 cm³/mol. The van der Waals surface area contributed by atoms with E-state index in [1.165, 1.54) is 19.2 Å². The molecule has 112 valence electrons. The van der Waals surface area contributed by atoms with Crippen LogP contribution in [0.25, 0.3) is 0 Å². The number of hydrogen-bond acceptors (Lipinski definition) is 4. The Morgan fingerprint density at radius 3 is 2.55 bits per heavy atom. The summed E-state index contributed by atoms with van der Waals surface area (Å²) in [7, 11) is 1.36. The van der Waals surface area contributed by atoms with Gasteiger partial charge in [-0.15, -0.1) is 0 Å². The van der Waals surface area contributed by atoms with Crippen LogP contribution in [0.2, 0.25) is 0 Å². The van der Waals surface area contributed by atoms with Gasteiger partial charge in [-0.1, -0.05) is 0 Å². The average molecular weight is 292 g/mol.